The summed E-state index contributed by atoms with van der Waals surface area (Å²) < 4.78 is 43.3. The Hall–Kier alpha value is -2.47. The fraction of sp³-hybridized carbons (Fsp3) is 0.750. The van der Waals surface area contributed by atoms with Crippen LogP contribution in [0.25, 0.3) is 0 Å². The van der Waals surface area contributed by atoms with Gasteiger partial charge in [-0.25, -0.2) is 14.8 Å². The van der Waals surface area contributed by atoms with Gasteiger partial charge in [-0.3, -0.25) is 4.79 Å². The monoisotopic (exact) mass is 516 g/mol. The molecule has 1 aromatic rings. The van der Waals surface area contributed by atoms with E-state index >= 15 is 0 Å². The summed E-state index contributed by atoms with van der Waals surface area (Å²) in [6.07, 6.45) is 5.71. The van der Waals surface area contributed by atoms with Crippen molar-refractivity contribution >= 4 is 17.7 Å². The van der Waals surface area contributed by atoms with Crippen molar-refractivity contribution in [3.63, 3.8) is 0 Å². The Bertz CT molecular complexity index is 862. The van der Waals surface area contributed by atoms with Crippen molar-refractivity contribution in [2.24, 2.45) is 11.3 Å². The van der Waals surface area contributed by atoms with Gasteiger partial charge in [-0.05, 0) is 56.8 Å². The van der Waals surface area contributed by atoms with Crippen molar-refractivity contribution in [3.05, 3.63) is 18.1 Å². The van der Waals surface area contributed by atoms with Crippen molar-refractivity contribution < 1.29 is 37.3 Å². The molecule has 0 aromatic carbocycles. The second-order valence-electron chi connectivity index (χ2n) is 9.85. The summed E-state index contributed by atoms with van der Waals surface area (Å²) in [6.45, 7) is 7.15. The lowest BCUT2D eigenvalue weighted by Gasteiger charge is -2.46. The quantitative estimate of drug-likeness (QED) is 0.614. The number of hydrogen-bond donors (Lipinski definition) is 2. The summed E-state index contributed by atoms with van der Waals surface area (Å²) in [4.78, 5) is 32.1. The number of carbonyl (C=O) groups excluding carboxylic acids is 1. The highest BCUT2D eigenvalue weighted by atomic mass is 19.4. The lowest BCUT2D eigenvalue weighted by molar-refractivity contribution is -0.192. The van der Waals surface area contributed by atoms with E-state index in [0.717, 1.165) is 76.4 Å². The minimum atomic E-state index is -5.08. The highest BCUT2D eigenvalue weighted by Gasteiger charge is 2.39. The maximum absolute atomic E-state index is 12.2. The average molecular weight is 517 g/mol. The Kier molecular flexibility index (Phi) is 9.89. The van der Waals surface area contributed by atoms with Crippen LogP contribution in [0.5, 0.6) is 0 Å². The Morgan fingerprint density at radius 2 is 1.86 bits per heavy atom. The van der Waals surface area contributed by atoms with Gasteiger partial charge in [-0.15, -0.1) is 0 Å². The SMILES string of the molecule is Cc1cncnc1N1CCC2(CCC(CNC(=O)CC3CCOCC3)OC2)CC1.O=C(O)C(F)(F)F. The number of carbonyl (C=O) groups is 2. The van der Waals surface area contributed by atoms with Crippen LogP contribution in [0.15, 0.2) is 12.5 Å². The number of nitrogens with one attached hydrogen (secondary N) is 1. The van der Waals surface area contributed by atoms with Gasteiger partial charge in [0.25, 0.3) is 0 Å². The fourth-order valence-corrected chi connectivity index (χ4v) is 4.90. The van der Waals surface area contributed by atoms with E-state index in [4.69, 9.17) is 19.4 Å². The molecule has 1 unspecified atom stereocenters. The van der Waals surface area contributed by atoms with Crippen LogP contribution >= 0.6 is 0 Å². The van der Waals surface area contributed by atoms with E-state index in [9.17, 15) is 18.0 Å². The third kappa shape index (κ3) is 8.29. The predicted molar refractivity (Wildman–Crippen MR) is 124 cm³/mol. The van der Waals surface area contributed by atoms with Crippen LogP contribution in [0.3, 0.4) is 0 Å². The lowest BCUT2D eigenvalue weighted by atomic mass is 9.73. The van der Waals surface area contributed by atoms with Crippen LogP contribution in [0.1, 0.15) is 50.5 Å². The molecule has 1 aromatic heterocycles. The third-order valence-corrected chi connectivity index (χ3v) is 7.20. The second kappa shape index (κ2) is 12.7. The van der Waals surface area contributed by atoms with Gasteiger partial charge < -0.3 is 24.8 Å². The molecular formula is C24H35F3N4O5. The minimum Gasteiger partial charge on any atom is -0.475 e. The molecule has 4 heterocycles. The molecule has 4 rings (SSSR count). The van der Waals surface area contributed by atoms with Gasteiger partial charge >= 0.3 is 12.1 Å². The molecule has 12 heteroatoms. The van der Waals surface area contributed by atoms with Crippen LogP contribution < -0.4 is 10.2 Å². The summed E-state index contributed by atoms with van der Waals surface area (Å²) in [6, 6.07) is 0. The zero-order valence-electron chi connectivity index (χ0n) is 20.6. The molecule has 0 radical (unpaired) electrons. The number of hydrogen-bond acceptors (Lipinski definition) is 7. The number of rotatable bonds is 5. The molecule has 1 atom stereocenters. The van der Waals surface area contributed by atoms with E-state index in [1.807, 2.05) is 6.20 Å². The molecule has 0 aliphatic carbocycles. The van der Waals surface area contributed by atoms with Crippen molar-refractivity contribution in [2.45, 2.75) is 64.1 Å². The maximum atomic E-state index is 12.2. The van der Waals surface area contributed by atoms with Crippen LogP contribution in [-0.4, -0.2) is 78.7 Å². The number of ether oxygens (including phenoxy) is 2. The summed E-state index contributed by atoms with van der Waals surface area (Å²) in [5, 5.41) is 10.2. The molecule has 1 amide bonds. The first-order valence-corrected chi connectivity index (χ1v) is 12.4. The van der Waals surface area contributed by atoms with E-state index in [0.29, 0.717) is 24.3 Å². The van der Waals surface area contributed by atoms with Gasteiger partial charge in [-0.1, -0.05) is 0 Å². The van der Waals surface area contributed by atoms with Gasteiger partial charge in [0, 0.05) is 51.0 Å². The number of nitrogens with zero attached hydrogens (tertiary/aromatic N) is 3. The Balaban J connectivity index is 0.000000454. The largest absolute Gasteiger partial charge is 0.490 e. The lowest BCUT2D eigenvalue weighted by Crippen LogP contribution is -2.48. The maximum Gasteiger partial charge on any atom is 0.490 e. The summed E-state index contributed by atoms with van der Waals surface area (Å²) >= 11 is 0. The fourth-order valence-electron chi connectivity index (χ4n) is 4.90. The standard InChI is InChI=1S/C22H34N4O3.C2HF3O2/c1-17-13-23-16-25-21(17)26-8-6-22(7-9-26)5-2-19(29-15-22)14-24-20(27)12-18-3-10-28-11-4-18;3-2(4,5)1(6)7/h13,16,18-19H,2-12,14-15H2,1H3,(H,24,27);(H,6,7). The molecule has 3 fully saturated rings. The number of carboxylic acid groups (broad SMARTS) is 1. The summed E-state index contributed by atoms with van der Waals surface area (Å²) in [7, 11) is 0. The van der Waals surface area contributed by atoms with Crippen molar-refractivity contribution in [2.75, 3.05) is 44.4 Å². The summed E-state index contributed by atoms with van der Waals surface area (Å²) in [5.41, 5.74) is 1.43. The van der Waals surface area contributed by atoms with Crippen LogP contribution in [0.4, 0.5) is 19.0 Å². The smallest absolute Gasteiger partial charge is 0.475 e. The topological polar surface area (TPSA) is 114 Å². The van der Waals surface area contributed by atoms with Gasteiger partial charge in [0.15, 0.2) is 0 Å². The van der Waals surface area contributed by atoms with Gasteiger partial charge in [0.2, 0.25) is 5.91 Å². The van der Waals surface area contributed by atoms with Crippen LogP contribution in [0.2, 0.25) is 0 Å². The van der Waals surface area contributed by atoms with E-state index < -0.39 is 12.1 Å². The zero-order valence-corrected chi connectivity index (χ0v) is 20.6. The second-order valence-corrected chi connectivity index (χ2v) is 9.85. The zero-order chi connectivity index (χ0) is 26.2. The minimum absolute atomic E-state index is 0.154. The number of aromatic nitrogens is 2. The van der Waals surface area contributed by atoms with E-state index in [2.05, 4.69) is 27.1 Å². The predicted octanol–water partition coefficient (Wildman–Crippen LogP) is 3.12. The molecular weight excluding hydrogens is 481 g/mol. The number of halogens is 3. The van der Waals surface area contributed by atoms with E-state index in [-0.39, 0.29) is 12.0 Å². The first kappa shape index (κ1) is 28.1. The highest BCUT2D eigenvalue weighted by molar-refractivity contribution is 5.76. The third-order valence-electron chi connectivity index (χ3n) is 7.20. The number of anilines is 1. The molecule has 0 bridgehead atoms. The van der Waals surface area contributed by atoms with E-state index in [1.165, 1.54) is 6.42 Å². The molecule has 3 aliphatic rings. The number of amides is 1. The number of alkyl halides is 3. The molecule has 3 aliphatic heterocycles. The van der Waals surface area contributed by atoms with Gasteiger partial charge in [-0.2, -0.15) is 13.2 Å². The Morgan fingerprint density at radius 3 is 2.42 bits per heavy atom. The Morgan fingerprint density at radius 1 is 1.19 bits per heavy atom. The van der Waals surface area contributed by atoms with Crippen molar-refractivity contribution in [3.8, 4) is 0 Å². The number of carboxylic acids is 1. The molecule has 2 N–H and O–H groups in total. The number of piperidine rings is 1. The molecule has 3 saturated heterocycles. The first-order chi connectivity index (χ1) is 17.1. The average Bonchev–Trinajstić information content (AvgIpc) is 2.85. The highest BCUT2D eigenvalue weighted by Crippen LogP contribution is 2.41. The molecule has 202 valence electrons. The van der Waals surface area contributed by atoms with Crippen molar-refractivity contribution in [1.29, 1.82) is 0 Å². The normalized spacial score (nSPS) is 22.4. The van der Waals surface area contributed by atoms with E-state index in [1.54, 1.807) is 6.33 Å². The Labute approximate surface area is 208 Å². The van der Waals surface area contributed by atoms with Gasteiger partial charge in [0.1, 0.15) is 12.1 Å². The van der Waals surface area contributed by atoms with Crippen LogP contribution in [0, 0.1) is 18.3 Å². The summed E-state index contributed by atoms with van der Waals surface area (Å²) in [5.74, 6) is -1.05. The van der Waals surface area contributed by atoms with Gasteiger partial charge in [0.05, 0.1) is 12.7 Å². The molecule has 1 spiro atoms. The van der Waals surface area contributed by atoms with Crippen molar-refractivity contribution in [1.82, 2.24) is 15.3 Å². The first-order valence-electron chi connectivity index (χ1n) is 12.4. The van der Waals surface area contributed by atoms with Crippen LogP contribution in [-0.2, 0) is 19.1 Å². The number of aryl methyl sites for hydroxylation is 1. The molecule has 36 heavy (non-hydrogen) atoms. The molecule has 9 nitrogen and oxygen atoms in total. The molecule has 0 saturated carbocycles. The number of aliphatic carboxylic acids is 1.